The number of aromatic hydroxyl groups is 1. The molecule has 0 aliphatic carbocycles. The first-order valence-corrected chi connectivity index (χ1v) is 5.27. The molecule has 1 rings (SSSR count). The van der Waals surface area contributed by atoms with Gasteiger partial charge in [-0.3, -0.25) is 9.59 Å². The molecule has 0 aliphatic heterocycles. The summed E-state index contributed by atoms with van der Waals surface area (Å²) >= 11 is 0. The predicted molar refractivity (Wildman–Crippen MR) is 59.1 cm³/mol. The summed E-state index contributed by atoms with van der Waals surface area (Å²) in [7, 11) is 0. The van der Waals surface area contributed by atoms with E-state index in [1.807, 2.05) is 0 Å². The molecule has 1 aromatic rings. The molecule has 1 atom stereocenters. The van der Waals surface area contributed by atoms with Crippen LogP contribution in [0.5, 0.6) is 5.75 Å². The molecule has 114 valence electrons. The van der Waals surface area contributed by atoms with Crippen LogP contribution >= 0.6 is 0 Å². The maximum atomic E-state index is 13.4. The van der Waals surface area contributed by atoms with Gasteiger partial charge in [-0.15, -0.1) is 0 Å². The number of carboxylic acid groups (broad SMARTS) is 2. The lowest BCUT2D eigenvalue weighted by molar-refractivity contribution is -0.145. The molecule has 4 N–H and O–H groups in total. The summed E-state index contributed by atoms with van der Waals surface area (Å²) in [4.78, 5) is 32.7. The SMILES string of the molecule is O=C(O)C[C@@H](NC(=O)c1cc(F)c(F)c(O)c1F)C(=O)O. The van der Waals surface area contributed by atoms with E-state index in [1.165, 1.54) is 0 Å². The van der Waals surface area contributed by atoms with Crippen molar-refractivity contribution in [3.63, 3.8) is 0 Å². The van der Waals surface area contributed by atoms with E-state index in [0.717, 1.165) is 0 Å². The van der Waals surface area contributed by atoms with Crippen LogP contribution in [-0.4, -0.2) is 39.2 Å². The Kier molecular flexibility index (Phi) is 4.74. The number of phenols is 1. The van der Waals surface area contributed by atoms with Gasteiger partial charge in [-0.25, -0.2) is 13.6 Å². The Balaban J connectivity index is 3.09. The maximum absolute atomic E-state index is 13.4. The Bertz CT molecular complexity index is 618. The number of carboxylic acids is 2. The van der Waals surface area contributed by atoms with E-state index in [2.05, 4.69) is 0 Å². The molecule has 7 nitrogen and oxygen atoms in total. The molecule has 0 bridgehead atoms. The minimum absolute atomic E-state index is 0.111. The first-order chi connectivity index (χ1) is 9.65. The molecule has 0 saturated carbocycles. The predicted octanol–water partition coefficient (Wildman–Crippen LogP) is 0.467. The molecular formula is C11H8F3NO6. The van der Waals surface area contributed by atoms with Crippen molar-refractivity contribution in [2.75, 3.05) is 0 Å². The minimum Gasteiger partial charge on any atom is -0.503 e. The van der Waals surface area contributed by atoms with Gasteiger partial charge in [0.25, 0.3) is 5.91 Å². The molecule has 0 heterocycles. The Morgan fingerprint density at radius 3 is 2.19 bits per heavy atom. The Hall–Kier alpha value is -2.78. The first kappa shape index (κ1) is 16.3. The van der Waals surface area contributed by atoms with Crippen molar-refractivity contribution >= 4 is 17.8 Å². The molecule has 0 aromatic heterocycles. The zero-order chi connectivity index (χ0) is 16.3. The van der Waals surface area contributed by atoms with Gasteiger partial charge < -0.3 is 20.6 Å². The number of nitrogens with one attached hydrogen (secondary N) is 1. The summed E-state index contributed by atoms with van der Waals surface area (Å²) in [5, 5.41) is 27.7. The highest BCUT2D eigenvalue weighted by atomic mass is 19.2. The van der Waals surface area contributed by atoms with Crippen LogP contribution in [0.15, 0.2) is 6.07 Å². The van der Waals surface area contributed by atoms with E-state index in [9.17, 15) is 27.6 Å². The van der Waals surface area contributed by atoms with Gasteiger partial charge in [-0.05, 0) is 6.07 Å². The largest absolute Gasteiger partial charge is 0.503 e. The molecule has 1 aromatic carbocycles. The highest BCUT2D eigenvalue weighted by Crippen LogP contribution is 2.25. The third-order valence-electron chi connectivity index (χ3n) is 2.36. The monoisotopic (exact) mass is 307 g/mol. The topological polar surface area (TPSA) is 124 Å². The number of carbonyl (C=O) groups excluding carboxylic acids is 1. The van der Waals surface area contributed by atoms with Gasteiger partial charge in [-0.1, -0.05) is 0 Å². The van der Waals surface area contributed by atoms with Gasteiger partial charge in [0.15, 0.2) is 17.4 Å². The fourth-order valence-corrected chi connectivity index (χ4v) is 1.37. The normalized spacial score (nSPS) is 11.8. The van der Waals surface area contributed by atoms with E-state index in [0.29, 0.717) is 0 Å². The van der Waals surface area contributed by atoms with Gasteiger partial charge in [0, 0.05) is 0 Å². The van der Waals surface area contributed by atoms with Crippen molar-refractivity contribution in [1.29, 1.82) is 0 Å². The molecular weight excluding hydrogens is 299 g/mol. The molecule has 0 aliphatic rings. The van der Waals surface area contributed by atoms with E-state index < -0.39 is 59.1 Å². The molecule has 10 heteroatoms. The number of phenolic OH excluding ortho intramolecular Hbond substituents is 1. The molecule has 1 amide bonds. The van der Waals surface area contributed by atoms with E-state index in [1.54, 1.807) is 5.32 Å². The summed E-state index contributed by atoms with van der Waals surface area (Å²) < 4.78 is 39.2. The van der Waals surface area contributed by atoms with Crippen molar-refractivity contribution in [3.8, 4) is 5.75 Å². The van der Waals surface area contributed by atoms with E-state index >= 15 is 0 Å². The van der Waals surface area contributed by atoms with Crippen molar-refractivity contribution < 1.29 is 42.9 Å². The van der Waals surface area contributed by atoms with Gasteiger partial charge in [0.1, 0.15) is 6.04 Å². The first-order valence-electron chi connectivity index (χ1n) is 5.27. The molecule has 0 unspecified atom stereocenters. The van der Waals surface area contributed by atoms with E-state index in [-0.39, 0.29) is 6.07 Å². The van der Waals surface area contributed by atoms with Crippen molar-refractivity contribution in [2.45, 2.75) is 12.5 Å². The number of rotatable bonds is 5. The second kappa shape index (κ2) is 6.11. The second-order valence-electron chi connectivity index (χ2n) is 3.84. The van der Waals surface area contributed by atoms with Gasteiger partial charge in [-0.2, -0.15) is 4.39 Å². The molecule has 21 heavy (non-hydrogen) atoms. The molecule has 0 saturated heterocycles. The zero-order valence-corrected chi connectivity index (χ0v) is 10.1. The van der Waals surface area contributed by atoms with Crippen LogP contribution in [0.3, 0.4) is 0 Å². The number of amides is 1. The number of carbonyl (C=O) groups is 3. The fraction of sp³-hybridized carbons (Fsp3) is 0.182. The lowest BCUT2D eigenvalue weighted by Gasteiger charge is -2.13. The van der Waals surface area contributed by atoms with Crippen molar-refractivity contribution in [3.05, 3.63) is 29.1 Å². The quantitative estimate of drug-likeness (QED) is 0.586. The van der Waals surface area contributed by atoms with Gasteiger partial charge in [0.05, 0.1) is 12.0 Å². The number of halogens is 3. The number of benzene rings is 1. The summed E-state index contributed by atoms with van der Waals surface area (Å²) in [5.41, 5.74) is -1.16. The Morgan fingerprint density at radius 2 is 1.71 bits per heavy atom. The van der Waals surface area contributed by atoms with Gasteiger partial charge in [0.2, 0.25) is 5.82 Å². The number of aliphatic carboxylic acids is 2. The van der Waals surface area contributed by atoms with Crippen LogP contribution in [-0.2, 0) is 9.59 Å². The molecule has 0 spiro atoms. The standard InChI is InChI=1S/C11H8F3NO6/c12-4-1-3(7(13)9(18)8(4)14)10(19)15-5(11(20)21)2-6(16)17/h1,5,18H,2H2,(H,15,19)(H,16,17)(H,20,21)/t5-/m1/s1. The number of hydrogen-bond donors (Lipinski definition) is 4. The number of hydrogen-bond acceptors (Lipinski definition) is 4. The fourth-order valence-electron chi connectivity index (χ4n) is 1.37. The zero-order valence-electron chi connectivity index (χ0n) is 10.1. The highest BCUT2D eigenvalue weighted by molar-refractivity contribution is 5.98. The minimum atomic E-state index is -1.91. The molecule has 0 radical (unpaired) electrons. The summed E-state index contributed by atoms with van der Waals surface area (Å²) in [5.74, 6) is -12.0. The van der Waals surface area contributed by atoms with Crippen LogP contribution in [0.1, 0.15) is 16.8 Å². The van der Waals surface area contributed by atoms with Crippen LogP contribution in [0, 0.1) is 17.5 Å². The molecule has 0 fully saturated rings. The summed E-state index contributed by atoms with van der Waals surface area (Å²) in [6.45, 7) is 0. The average Bonchev–Trinajstić information content (AvgIpc) is 2.38. The lowest BCUT2D eigenvalue weighted by atomic mass is 10.1. The summed E-state index contributed by atoms with van der Waals surface area (Å²) in [6.07, 6.45) is -1.02. The maximum Gasteiger partial charge on any atom is 0.326 e. The third-order valence-corrected chi connectivity index (χ3v) is 2.36. The van der Waals surface area contributed by atoms with Crippen LogP contribution in [0.25, 0.3) is 0 Å². The Morgan fingerprint density at radius 1 is 1.14 bits per heavy atom. The van der Waals surface area contributed by atoms with Crippen molar-refractivity contribution in [2.24, 2.45) is 0 Å². The lowest BCUT2D eigenvalue weighted by Crippen LogP contribution is -2.42. The van der Waals surface area contributed by atoms with E-state index in [4.69, 9.17) is 15.3 Å². The smallest absolute Gasteiger partial charge is 0.326 e. The summed E-state index contributed by atoms with van der Waals surface area (Å²) in [6, 6.07) is -1.80. The average molecular weight is 307 g/mol. The van der Waals surface area contributed by atoms with Crippen molar-refractivity contribution in [1.82, 2.24) is 5.32 Å². The van der Waals surface area contributed by atoms with Gasteiger partial charge >= 0.3 is 11.9 Å². The Labute approximate surface area is 114 Å². The van der Waals surface area contributed by atoms with Crippen LogP contribution in [0.2, 0.25) is 0 Å². The van der Waals surface area contributed by atoms with Crippen LogP contribution in [0.4, 0.5) is 13.2 Å². The second-order valence-corrected chi connectivity index (χ2v) is 3.84. The van der Waals surface area contributed by atoms with Crippen LogP contribution < -0.4 is 5.32 Å². The third kappa shape index (κ3) is 3.61. The highest BCUT2D eigenvalue weighted by Gasteiger charge is 2.27.